The van der Waals surface area contributed by atoms with E-state index in [9.17, 15) is 36.5 Å². The van der Waals surface area contributed by atoms with Gasteiger partial charge in [0.15, 0.2) is 13.1 Å². The average molecular weight is 895 g/mol. The molecule has 1 aromatic heterocycles. The predicted molar refractivity (Wildman–Crippen MR) is 203 cm³/mol. The van der Waals surface area contributed by atoms with Crippen molar-refractivity contribution in [3.05, 3.63) is 68.0 Å². The van der Waals surface area contributed by atoms with E-state index in [1.165, 1.54) is 6.66 Å². The molecule has 0 aliphatic carbocycles. The standard InChI is InChI=1S/C15H12BrClF4N2O2.C14H20ClNO2.C5H12NO4P/c1-6(2)25-14(24)7-4-8(10(18)5-9(7)17)12-11(16)13(15(19,20)21)23(3)22-12;1-4-11-7-6-8-12(5-2)14(11)16(10-18-3)13(17)9-15;1-11(9,10)3-2-4(6)5(7)8/h4-6H,1-3H3;6-8H,4-5,9-10H2,1-3H3;4H,2-3,6H2,1H3,(H,7,8)(H,9,10). The minimum atomic E-state index is -4.69. The van der Waals surface area contributed by atoms with Crippen LogP contribution in [0, 0.1) is 5.82 Å². The molecule has 20 heteroatoms. The number of halogens is 7. The van der Waals surface area contributed by atoms with Crippen LogP contribution in [0.4, 0.5) is 23.2 Å². The highest BCUT2D eigenvalue weighted by Gasteiger charge is 2.39. The molecule has 0 saturated carbocycles. The number of carboxylic acid groups (broad SMARTS) is 1. The summed E-state index contributed by atoms with van der Waals surface area (Å²) >= 11 is 14.3. The Labute approximate surface area is 329 Å². The number of rotatable bonds is 13. The van der Waals surface area contributed by atoms with Crippen molar-refractivity contribution in [2.24, 2.45) is 12.8 Å². The molecule has 0 bridgehead atoms. The number of carbonyl (C=O) groups is 3. The highest BCUT2D eigenvalue weighted by Crippen LogP contribution is 2.41. The number of methoxy groups -OCH3 is 1. The van der Waals surface area contributed by atoms with Crippen molar-refractivity contribution >= 4 is 70.0 Å². The summed E-state index contributed by atoms with van der Waals surface area (Å²) in [5.74, 6) is -3.04. The van der Waals surface area contributed by atoms with Gasteiger partial charge in [-0.1, -0.05) is 43.6 Å². The second-order valence-corrected chi connectivity index (χ2v) is 15.9. The summed E-state index contributed by atoms with van der Waals surface area (Å²) in [5, 5.41) is 11.8. The maximum absolute atomic E-state index is 14.3. The zero-order valence-electron chi connectivity index (χ0n) is 30.6. The smallest absolute Gasteiger partial charge is 0.434 e. The van der Waals surface area contributed by atoms with Crippen LogP contribution in [0.2, 0.25) is 5.02 Å². The van der Waals surface area contributed by atoms with Crippen molar-refractivity contribution in [3.63, 3.8) is 0 Å². The van der Waals surface area contributed by atoms with E-state index in [-0.39, 0.29) is 52.9 Å². The van der Waals surface area contributed by atoms with Gasteiger partial charge in [0.05, 0.1) is 26.9 Å². The minimum absolute atomic E-state index is 0.0371. The first-order valence-corrected chi connectivity index (χ1v) is 20.2. The molecule has 0 radical (unpaired) electrons. The third kappa shape index (κ3) is 14.5. The summed E-state index contributed by atoms with van der Waals surface area (Å²) in [4.78, 5) is 44.5. The second-order valence-electron chi connectivity index (χ2n) is 11.9. The topological polar surface area (TPSA) is 174 Å². The van der Waals surface area contributed by atoms with Gasteiger partial charge in [-0.3, -0.25) is 23.7 Å². The molecule has 2 unspecified atom stereocenters. The van der Waals surface area contributed by atoms with Gasteiger partial charge in [0.2, 0.25) is 5.91 Å². The molecule has 0 aliphatic heterocycles. The lowest BCUT2D eigenvalue weighted by Gasteiger charge is -2.26. The first-order valence-electron chi connectivity index (χ1n) is 16.2. The lowest BCUT2D eigenvalue weighted by molar-refractivity contribution is -0.144. The largest absolute Gasteiger partial charge is 0.480 e. The van der Waals surface area contributed by atoms with Crippen LogP contribution in [-0.2, 0) is 49.7 Å². The quantitative estimate of drug-likeness (QED) is 0.0503. The van der Waals surface area contributed by atoms with Crippen LogP contribution in [0.3, 0.4) is 0 Å². The van der Waals surface area contributed by atoms with E-state index in [2.05, 4.69) is 34.9 Å². The zero-order chi connectivity index (χ0) is 41.7. The number of aliphatic carboxylic acids is 1. The van der Waals surface area contributed by atoms with E-state index >= 15 is 0 Å². The number of alkyl halides is 4. The number of para-hydroxylation sites is 1. The number of esters is 1. The summed E-state index contributed by atoms with van der Waals surface area (Å²) in [6, 6.07) is 6.93. The number of hydrogen-bond donors (Lipinski definition) is 3. The van der Waals surface area contributed by atoms with Gasteiger partial charge in [0.1, 0.15) is 30.2 Å². The Morgan fingerprint density at radius 3 is 2.11 bits per heavy atom. The Morgan fingerprint density at radius 1 is 1.15 bits per heavy atom. The molecule has 12 nitrogen and oxygen atoms in total. The number of aryl methyl sites for hydroxylation is 3. The molecular weight excluding hydrogens is 850 g/mol. The number of ether oxygens (including phenoxy) is 2. The fourth-order valence-electron chi connectivity index (χ4n) is 4.67. The van der Waals surface area contributed by atoms with Gasteiger partial charge in [-0.2, -0.15) is 18.3 Å². The van der Waals surface area contributed by atoms with Gasteiger partial charge in [-0.25, -0.2) is 9.18 Å². The van der Waals surface area contributed by atoms with Crippen LogP contribution in [0.1, 0.15) is 61.3 Å². The average Bonchev–Trinajstić information content (AvgIpc) is 3.38. The molecule has 0 spiro atoms. The molecule has 2 aromatic carbocycles. The second kappa shape index (κ2) is 21.9. The Bertz CT molecular complexity index is 1790. The van der Waals surface area contributed by atoms with Crippen LogP contribution >= 0.6 is 46.5 Å². The van der Waals surface area contributed by atoms with Crippen LogP contribution in [0.15, 0.2) is 34.8 Å². The molecule has 54 heavy (non-hydrogen) atoms. The Kier molecular flexibility index (Phi) is 19.8. The maximum atomic E-state index is 14.3. The van der Waals surface area contributed by atoms with Gasteiger partial charge >= 0.3 is 18.1 Å². The van der Waals surface area contributed by atoms with Gasteiger partial charge < -0.3 is 25.2 Å². The molecule has 0 fully saturated rings. The number of anilines is 1. The summed E-state index contributed by atoms with van der Waals surface area (Å²) < 4.78 is 74.4. The van der Waals surface area contributed by atoms with Crippen LogP contribution in [-0.4, -0.2) is 82.3 Å². The van der Waals surface area contributed by atoms with Gasteiger partial charge in [0, 0.05) is 32.5 Å². The van der Waals surface area contributed by atoms with Crippen LogP contribution in [0.25, 0.3) is 11.3 Å². The molecule has 0 aliphatic rings. The van der Waals surface area contributed by atoms with Crippen LogP contribution < -0.4 is 10.6 Å². The van der Waals surface area contributed by atoms with Gasteiger partial charge in [-0.15, -0.1) is 11.6 Å². The van der Waals surface area contributed by atoms with Crippen molar-refractivity contribution < 1.29 is 56.0 Å². The lowest BCUT2D eigenvalue weighted by Crippen LogP contribution is -2.35. The fourth-order valence-corrected chi connectivity index (χ4v) is 6.57. The Hall–Kier alpha value is -3.05. The Balaban J connectivity index is 0.000000440. The van der Waals surface area contributed by atoms with E-state index in [0.717, 1.165) is 48.8 Å². The van der Waals surface area contributed by atoms with Crippen molar-refractivity contribution in [1.29, 1.82) is 0 Å². The summed E-state index contributed by atoms with van der Waals surface area (Å²) in [7, 11) is -0.442. The number of amides is 1. The number of aromatic nitrogens is 2. The van der Waals surface area contributed by atoms with E-state index in [1.807, 2.05) is 18.2 Å². The molecule has 1 heterocycles. The number of carboxylic acids is 1. The highest BCUT2D eigenvalue weighted by atomic mass is 79.9. The van der Waals surface area contributed by atoms with Crippen molar-refractivity contribution in [2.75, 3.05) is 37.4 Å². The molecular formula is C34H44BrCl2F4N4O8P. The SMILES string of the molecule is CC(C)OC(=O)c1cc(-c2nn(C)c(C(F)(F)F)c2Br)c(F)cc1Cl.CCc1cccc(CC)c1N(COC)C(=O)CCl.CP(=O)(O)CCC(N)C(=O)O. The van der Waals surface area contributed by atoms with Gasteiger partial charge in [0.25, 0.3) is 0 Å². The molecule has 3 aromatic rings. The number of carbonyl (C=O) groups excluding carboxylic acids is 2. The fraction of sp³-hybridized carbons (Fsp3) is 0.471. The monoisotopic (exact) mass is 892 g/mol. The third-order valence-corrected chi connectivity index (χ3v) is 9.59. The molecule has 2 atom stereocenters. The number of benzene rings is 2. The molecule has 0 saturated heterocycles. The first-order chi connectivity index (χ1) is 24.9. The van der Waals surface area contributed by atoms with E-state index in [1.54, 1.807) is 25.9 Å². The molecule has 4 N–H and O–H groups in total. The summed E-state index contributed by atoms with van der Waals surface area (Å²) in [5.41, 5.74) is 6.47. The minimum Gasteiger partial charge on any atom is -0.480 e. The molecule has 1 amide bonds. The van der Waals surface area contributed by atoms with E-state index in [4.69, 9.17) is 48.4 Å². The van der Waals surface area contributed by atoms with Crippen molar-refractivity contribution in [1.82, 2.24) is 9.78 Å². The number of nitrogens with zero attached hydrogens (tertiary/aromatic N) is 3. The normalized spacial score (nSPS) is 12.8. The third-order valence-electron chi connectivity index (χ3n) is 7.21. The highest BCUT2D eigenvalue weighted by molar-refractivity contribution is 9.10. The summed E-state index contributed by atoms with van der Waals surface area (Å²) in [6.07, 6.45) is -3.39. The first kappa shape index (κ1) is 49.0. The van der Waals surface area contributed by atoms with Crippen LogP contribution in [0.5, 0.6) is 0 Å². The van der Waals surface area contributed by atoms with Gasteiger partial charge in [-0.05, 0) is 72.3 Å². The van der Waals surface area contributed by atoms with E-state index < -0.39 is 53.6 Å². The maximum Gasteiger partial charge on any atom is 0.434 e. The predicted octanol–water partition coefficient (Wildman–Crippen LogP) is 7.90. The Morgan fingerprint density at radius 2 is 1.70 bits per heavy atom. The number of hydrogen-bond acceptors (Lipinski definition) is 8. The van der Waals surface area contributed by atoms with Crippen molar-refractivity contribution in [3.8, 4) is 11.3 Å². The number of nitrogens with two attached hydrogens (primary N) is 1. The van der Waals surface area contributed by atoms with Crippen molar-refractivity contribution in [2.45, 2.75) is 65.3 Å². The van der Waals surface area contributed by atoms with E-state index in [0.29, 0.717) is 4.68 Å². The lowest BCUT2D eigenvalue weighted by atomic mass is 10.0. The molecule has 3 rings (SSSR count). The zero-order valence-corrected chi connectivity index (χ0v) is 34.6. The molecule has 302 valence electrons. The summed E-state index contributed by atoms with van der Waals surface area (Å²) in [6.45, 7) is 8.79.